The van der Waals surface area contributed by atoms with E-state index in [-0.39, 0.29) is 11.6 Å². The zero-order valence-electron chi connectivity index (χ0n) is 10.7. The molecule has 0 fully saturated rings. The second-order valence-corrected chi connectivity index (χ2v) is 4.35. The molecule has 0 bridgehead atoms. The topological polar surface area (TPSA) is 67.9 Å². The second-order valence-electron chi connectivity index (χ2n) is 4.35. The van der Waals surface area contributed by atoms with Crippen molar-refractivity contribution in [2.24, 2.45) is 0 Å². The van der Waals surface area contributed by atoms with Gasteiger partial charge in [-0.2, -0.15) is 4.98 Å². The highest BCUT2D eigenvalue weighted by Crippen LogP contribution is 2.08. The molecule has 3 aromatic rings. The molecule has 0 aliphatic carbocycles. The van der Waals surface area contributed by atoms with Gasteiger partial charge in [-0.05, 0) is 11.6 Å². The average Bonchev–Trinajstić information content (AvgIpc) is 2.48. The maximum absolute atomic E-state index is 11.8. The fourth-order valence-electron chi connectivity index (χ4n) is 1.95. The number of nitrogens with one attached hydrogen (secondary N) is 1. The number of fused-ring (bicyclic) bond motifs is 1. The number of ether oxygens (including phenoxy) is 1. The lowest BCUT2D eigenvalue weighted by molar-refractivity contribution is 0.296. The van der Waals surface area contributed by atoms with Crippen LogP contribution < -0.4 is 10.3 Å². The van der Waals surface area contributed by atoms with Crippen LogP contribution in [-0.2, 0) is 6.42 Å². The van der Waals surface area contributed by atoms with Gasteiger partial charge in [-0.1, -0.05) is 30.3 Å². The van der Waals surface area contributed by atoms with E-state index in [1.54, 1.807) is 18.5 Å². The molecule has 5 heteroatoms. The maximum Gasteiger partial charge on any atom is 0.297 e. The molecule has 0 saturated carbocycles. The maximum atomic E-state index is 11.8. The van der Waals surface area contributed by atoms with Crippen molar-refractivity contribution in [3.05, 3.63) is 64.7 Å². The van der Waals surface area contributed by atoms with Gasteiger partial charge in [-0.3, -0.25) is 14.8 Å². The minimum atomic E-state index is -0.216. The van der Waals surface area contributed by atoms with E-state index in [1.807, 2.05) is 30.3 Å². The lowest BCUT2D eigenvalue weighted by atomic mass is 10.2. The SMILES string of the molecule is O=c1[nH]c(OCCc2ccccc2)nc2cnccc12. The molecule has 0 aliphatic rings. The van der Waals surface area contributed by atoms with Gasteiger partial charge in [0.05, 0.1) is 23.7 Å². The molecule has 1 N–H and O–H groups in total. The van der Waals surface area contributed by atoms with E-state index in [0.717, 1.165) is 6.42 Å². The van der Waals surface area contributed by atoms with Gasteiger partial charge in [-0.25, -0.2) is 0 Å². The number of hydrogen-bond acceptors (Lipinski definition) is 4. The molecule has 2 aromatic heterocycles. The van der Waals surface area contributed by atoms with Crippen molar-refractivity contribution in [3.63, 3.8) is 0 Å². The first kappa shape index (κ1) is 12.3. The van der Waals surface area contributed by atoms with E-state index < -0.39 is 0 Å². The number of aromatic nitrogens is 3. The van der Waals surface area contributed by atoms with Crippen LogP contribution in [0.4, 0.5) is 0 Å². The molecule has 20 heavy (non-hydrogen) atoms. The molecule has 0 unspecified atom stereocenters. The van der Waals surface area contributed by atoms with Gasteiger partial charge in [0.15, 0.2) is 0 Å². The number of benzene rings is 1. The third-order valence-electron chi connectivity index (χ3n) is 2.96. The predicted molar refractivity (Wildman–Crippen MR) is 75.8 cm³/mol. The van der Waals surface area contributed by atoms with Crippen LogP contribution in [-0.4, -0.2) is 21.6 Å². The molecule has 0 radical (unpaired) electrons. The van der Waals surface area contributed by atoms with Crippen LogP contribution in [0.5, 0.6) is 6.01 Å². The van der Waals surface area contributed by atoms with E-state index in [4.69, 9.17) is 4.74 Å². The fraction of sp³-hybridized carbons (Fsp3) is 0.133. The molecule has 0 aliphatic heterocycles. The van der Waals surface area contributed by atoms with Crippen molar-refractivity contribution in [3.8, 4) is 6.01 Å². The van der Waals surface area contributed by atoms with Gasteiger partial charge >= 0.3 is 0 Å². The van der Waals surface area contributed by atoms with Crippen molar-refractivity contribution >= 4 is 10.9 Å². The Morgan fingerprint density at radius 1 is 1.15 bits per heavy atom. The summed E-state index contributed by atoms with van der Waals surface area (Å²) in [6.45, 7) is 0.457. The molecule has 3 rings (SSSR count). The van der Waals surface area contributed by atoms with Crippen LogP contribution >= 0.6 is 0 Å². The second kappa shape index (κ2) is 5.52. The predicted octanol–water partition coefficient (Wildman–Crippen LogP) is 1.94. The van der Waals surface area contributed by atoms with Gasteiger partial charge in [0.1, 0.15) is 0 Å². The van der Waals surface area contributed by atoms with Crippen LogP contribution in [0.15, 0.2) is 53.6 Å². The van der Waals surface area contributed by atoms with Gasteiger partial charge in [0.2, 0.25) is 0 Å². The normalized spacial score (nSPS) is 10.6. The quantitative estimate of drug-likeness (QED) is 0.784. The molecule has 0 amide bonds. The standard InChI is InChI=1S/C15H13N3O2/c19-14-12-6-8-16-10-13(12)17-15(18-14)20-9-7-11-4-2-1-3-5-11/h1-6,8,10H,7,9H2,(H,17,18,19). The summed E-state index contributed by atoms with van der Waals surface area (Å²) in [4.78, 5) is 22.6. The fourth-order valence-corrected chi connectivity index (χ4v) is 1.95. The zero-order valence-corrected chi connectivity index (χ0v) is 10.7. The first-order valence-corrected chi connectivity index (χ1v) is 6.34. The minimum absolute atomic E-state index is 0.216. The van der Waals surface area contributed by atoms with Gasteiger partial charge in [0.25, 0.3) is 11.6 Å². The largest absolute Gasteiger partial charge is 0.464 e. The number of H-pyrrole nitrogens is 1. The highest BCUT2D eigenvalue weighted by Gasteiger charge is 2.04. The lowest BCUT2D eigenvalue weighted by Crippen LogP contribution is -2.12. The third-order valence-corrected chi connectivity index (χ3v) is 2.96. The Kier molecular flexibility index (Phi) is 3.41. The lowest BCUT2D eigenvalue weighted by Gasteiger charge is -2.05. The summed E-state index contributed by atoms with van der Waals surface area (Å²) in [6.07, 6.45) is 3.87. The van der Waals surface area contributed by atoms with Crippen LogP contribution in [0.1, 0.15) is 5.56 Å². The van der Waals surface area contributed by atoms with Crippen LogP contribution in [0.3, 0.4) is 0 Å². The highest BCUT2D eigenvalue weighted by molar-refractivity contribution is 5.76. The summed E-state index contributed by atoms with van der Waals surface area (Å²) in [7, 11) is 0. The molecule has 0 spiro atoms. The molecule has 1 aromatic carbocycles. The van der Waals surface area contributed by atoms with Crippen LogP contribution in [0, 0.1) is 0 Å². The van der Waals surface area contributed by atoms with E-state index in [2.05, 4.69) is 15.0 Å². The number of rotatable bonds is 4. The molecule has 0 saturated heterocycles. The number of hydrogen-bond donors (Lipinski definition) is 1. The zero-order chi connectivity index (χ0) is 13.8. The molecule has 0 atom stereocenters. The Hall–Kier alpha value is -2.69. The summed E-state index contributed by atoms with van der Waals surface area (Å²) in [5.41, 5.74) is 1.50. The van der Waals surface area contributed by atoms with Gasteiger partial charge < -0.3 is 4.74 Å². The smallest absolute Gasteiger partial charge is 0.297 e. The summed E-state index contributed by atoms with van der Waals surface area (Å²) in [5.74, 6) is 0. The van der Waals surface area contributed by atoms with Crippen molar-refractivity contribution < 1.29 is 4.74 Å². The number of aromatic amines is 1. The van der Waals surface area contributed by atoms with E-state index >= 15 is 0 Å². The number of pyridine rings is 1. The highest BCUT2D eigenvalue weighted by atomic mass is 16.5. The van der Waals surface area contributed by atoms with Gasteiger partial charge in [0, 0.05) is 12.6 Å². The summed E-state index contributed by atoms with van der Waals surface area (Å²) in [6, 6.07) is 11.9. The number of nitrogens with zero attached hydrogens (tertiary/aromatic N) is 2. The van der Waals surface area contributed by atoms with Crippen LogP contribution in [0.25, 0.3) is 10.9 Å². The summed E-state index contributed by atoms with van der Waals surface area (Å²) >= 11 is 0. The molecule has 5 nitrogen and oxygen atoms in total. The Morgan fingerprint density at radius 2 is 2.00 bits per heavy atom. The van der Waals surface area contributed by atoms with E-state index in [9.17, 15) is 4.79 Å². The molecular formula is C15H13N3O2. The Balaban J connectivity index is 1.73. The van der Waals surface area contributed by atoms with E-state index in [1.165, 1.54) is 5.56 Å². The third kappa shape index (κ3) is 2.66. The molecule has 2 heterocycles. The van der Waals surface area contributed by atoms with Crippen LogP contribution in [0.2, 0.25) is 0 Å². The van der Waals surface area contributed by atoms with Gasteiger partial charge in [-0.15, -0.1) is 0 Å². The summed E-state index contributed by atoms with van der Waals surface area (Å²) < 4.78 is 5.50. The van der Waals surface area contributed by atoms with E-state index in [0.29, 0.717) is 17.5 Å². The first-order valence-electron chi connectivity index (χ1n) is 6.34. The Morgan fingerprint density at radius 3 is 2.85 bits per heavy atom. The van der Waals surface area contributed by atoms with Crippen molar-refractivity contribution in [1.82, 2.24) is 15.0 Å². The monoisotopic (exact) mass is 267 g/mol. The first-order chi connectivity index (χ1) is 9.83. The Labute approximate surface area is 115 Å². The Bertz CT molecular complexity index is 769. The summed E-state index contributed by atoms with van der Waals surface area (Å²) in [5, 5.41) is 0.510. The van der Waals surface area contributed by atoms with Crippen molar-refractivity contribution in [1.29, 1.82) is 0 Å². The molecule has 100 valence electrons. The minimum Gasteiger partial charge on any atom is -0.464 e. The van der Waals surface area contributed by atoms with Crippen molar-refractivity contribution in [2.45, 2.75) is 6.42 Å². The molecular weight excluding hydrogens is 254 g/mol. The average molecular weight is 267 g/mol. The van der Waals surface area contributed by atoms with Crippen molar-refractivity contribution in [2.75, 3.05) is 6.61 Å².